The van der Waals surface area contributed by atoms with Gasteiger partial charge in [-0.2, -0.15) is 0 Å². The molecule has 154 valence electrons. The molecule has 0 amide bonds. The van der Waals surface area contributed by atoms with E-state index in [1.165, 1.54) is 0 Å². The van der Waals surface area contributed by atoms with Gasteiger partial charge in [-0.15, -0.1) is 0 Å². The van der Waals surface area contributed by atoms with Crippen LogP contribution in [0.1, 0.15) is 30.6 Å². The molecule has 2 aromatic carbocycles. The number of carbonyl (C=O) groups is 1. The Morgan fingerprint density at radius 3 is 2.86 bits per heavy atom. The number of nitrogens with one attached hydrogen (secondary N) is 1. The molecule has 29 heavy (non-hydrogen) atoms. The monoisotopic (exact) mass is 399 g/mol. The highest BCUT2D eigenvalue weighted by Crippen LogP contribution is 2.30. The number of methoxy groups -OCH3 is 1. The second-order valence-corrected chi connectivity index (χ2v) is 6.70. The molecule has 0 saturated heterocycles. The molecule has 8 heteroatoms. The Kier molecular flexibility index (Phi) is 7.65. The van der Waals surface area contributed by atoms with Crippen molar-refractivity contribution >= 4 is 18.6 Å². The lowest BCUT2D eigenvalue weighted by Gasteiger charge is -2.12. The van der Waals surface area contributed by atoms with E-state index in [-0.39, 0.29) is 12.4 Å². The summed E-state index contributed by atoms with van der Waals surface area (Å²) in [6.45, 7) is 4.22. The van der Waals surface area contributed by atoms with E-state index in [1.807, 2.05) is 36.4 Å². The molecule has 1 aliphatic heterocycles. The molecule has 0 fully saturated rings. The second-order valence-electron chi connectivity index (χ2n) is 6.70. The van der Waals surface area contributed by atoms with Gasteiger partial charge in [0.05, 0.1) is 25.7 Å². The van der Waals surface area contributed by atoms with Gasteiger partial charge in [0.1, 0.15) is 11.5 Å². The zero-order valence-electron chi connectivity index (χ0n) is 16.7. The number of fused-ring (bicyclic) bond motifs is 1. The maximum absolute atomic E-state index is 11.7. The van der Waals surface area contributed by atoms with Crippen molar-refractivity contribution in [1.29, 1.82) is 0 Å². The standard InChI is InChI=1S/C21H26BNO6/c1-3-27-21(24)13-20-18-8-7-17(12-19(18)22(25)29-20)28-16-6-4-5-15(11-16)14-23-9-10-26-2/h4-8,11-12,20,23,25H,3,9-10,13-14H2,1-2H3. The summed E-state index contributed by atoms with van der Waals surface area (Å²) >= 11 is 0. The van der Waals surface area contributed by atoms with Crippen LogP contribution in [0.4, 0.5) is 0 Å². The summed E-state index contributed by atoms with van der Waals surface area (Å²) in [6.07, 6.45) is -0.453. The van der Waals surface area contributed by atoms with Crippen LogP contribution in [-0.4, -0.2) is 45.0 Å². The van der Waals surface area contributed by atoms with Crippen molar-refractivity contribution in [2.75, 3.05) is 26.9 Å². The first-order chi connectivity index (χ1) is 14.1. The van der Waals surface area contributed by atoms with Crippen LogP contribution in [0.25, 0.3) is 0 Å². The summed E-state index contributed by atoms with van der Waals surface area (Å²) in [6, 6.07) is 13.2. The first kappa shape index (κ1) is 21.3. The smallest absolute Gasteiger partial charge is 0.466 e. The summed E-state index contributed by atoms with van der Waals surface area (Å²) in [4.78, 5) is 11.7. The summed E-state index contributed by atoms with van der Waals surface area (Å²) in [5.41, 5.74) is 2.47. The van der Waals surface area contributed by atoms with Gasteiger partial charge >= 0.3 is 13.1 Å². The minimum atomic E-state index is -1.09. The molecule has 0 bridgehead atoms. The highest BCUT2D eigenvalue weighted by Gasteiger charge is 2.36. The predicted molar refractivity (Wildman–Crippen MR) is 109 cm³/mol. The van der Waals surface area contributed by atoms with Crippen LogP contribution >= 0.6 is 0 Å². The lowest BCUT2D eigenvalue weighted by Crippen LogP contribution is -2.28. The molecule has 0 radical (unpaired) electrons. The van der Waals surface area contributed by atoms with Crippen molar-refractivity contribution < 1.29 is 28.7 Å². The highest BCUT2D eigenvalue weighted by atomic mass is 16.5. The van der Waals surface area contributed by atoms with Crippen LogP contribution < -0.4 is 15.5 Å². The molecule has 0 spiro atoms. The molecular weight excluding hydrogens is 373 g/mol. The van der Waals surface area contributed by atoms with E-state index in [2.05, 4.69) is 5.32 Å². The van der Waals surface area contributed by atoms with E-state index in [4.69, 9.17) is 18.9 Å². The van der Waals surface area contributed by atoms with Crippen molar-refractivity contribution in [3.05, 3.63) is 53.6 Å². The molecule has 0 saturated carbocycles. The summed E-state index contributed by atoms with van der Waals surface area (Å²) < 4.78 is 21.5. The van der Waals surface area contributed by atoms with Gasteiger partial charge in [-0.3, -0.25) is 4.79 Å². The Balaban J connectivity index is 1.66. The van der Waals surface area contributed by atoms with Crippen LogP contribution in [-0.2, 0) is 25.5 Å². The molecule has 2 N–H and O–H groups in total. The lowest BCUT2D eigenvalue weighted by atomic mass is 9.79. The average Bonchev–Trinajstić information content (AvgIpc) is 3.01. The Bertz CT molecular complexity index is 831. The minimum absolute atomic E-state index is 0.0657. The number of ether oxygens (including phenoxy) is 3. The van der Waals surface area contributed by atoms with E-state index >= 15 is 0 Å². The fraction of sp³-hybridized carbons (Fsp3) is 0.381. The number of hydrogen-bond acceptors (Lipinski definition) is 7. The Hall–Kier alpha value is -2.39. The maximum atomic E-state index is 11.7. The lowest BCUT2D eigenvalue weighted by molar-refractivity contribution is -0.145. The topological polar surface area (TPSA) is 86.3 Å². The Morgan fingerprint density at radius 2 is 2.07 bits per heavy atom. The van der Waals surface area contributed by atoms with Crippen LogP contribution in [0, 0.1) is 0 Å². The van der Waals surface area contributed by atoms with E-state index in [0.717, 1.165) is 17.7 Å². The number of benzene rings is 2. The van der Waals surface area contributed by atoms with Crippen molar-refractivity contribution in [2.45, 2.75) is 26.0 Å². The number of rotatable bonds is 10. The molecule has 3 rings (SSSR count). The van der Waals surface area contributed by atoms with Crippen LogP contribution in [0.2, 0.25) is 0 Å². The van der Waals surface area contributed by atoms with Crippen molar-refractivity contribution in [3.8, 4) is 11.5 Å². The van der Waals surface area contributed by atoms with Crippen molar-refractivity contribution in [1.82, 2.24) is 5.32 Å². The molecule has 0 aromatic heterocycles. The Morgan fingerprint density at radius 1 is 1.24 bits per heavy atom. The third-order valence-electron chi connectivity index (χ3n) is 4.57. The normalized spacial score (nSPS) is 15.3. The van der Waals surface area contributed by atoms with E-state index in [9.17, 15) is 9.82 Å². The first-order valence-electron chi connectivity index (χ1n) is 9.70. The third kappa shape index (κ3) is 5.80. The van der Waals surface area contributed by atoms with Gasteiger partial charge < -0.3 is 29.2 Å². The fourth-order valence-electron chi connectivity index (χ4n) is 3.22. The predicted octanol–water partition coefficient (Wildman–Crippen LogP) is 1.93. The SMILES string of the molecule is CCOC(=O)CC1OB(O)c2cc(Oc3cccc(CNCCOC)c3)ccc21. The Labute approximate surface area is 171 Å². The molecule has 1 heterocycles. The average molecular weight is 399 g/mol. The zero-order valence-corrected chi connectivity index (χ0v) is 16.7. The van der Waals surface area contributed by atoms with Crippen LogP contribution in [0.3, 0.4) is 0 Å². The zero-order chi connectivity index (χ0) is 20.6. The fourth-order valence-corrected chi connectivity index (χ4v) is 3.22. The maximum Gasteiger partial charge on any atom is 0.492 e. The van der Waals surface area contributed by atoms with Gasteiger partial charge in [0.15, 0.2) is 0 Å². The van der Waals surface area contributed by atoms with Crippen LogP contribution in [0.5, 0.6) is 11.5 Å². The molecule has 1 aliphatic rings. The summed E-state index contributed by atoms with van der Waals surface area (Å²) in [5.74, 6) is 0.939. The van der Waals surface area contributed by atoms with E-state index in [1.54, 1.807) is 20.1 Å². The van der Waals surface area contributed by atoms with Gasteiger partial charge in [0, 0.05) is 20.2 Å². The molecule has 0 aliphatic carbocycles. The second kappa shape index (κ2) is 10.4. The molecular formula is C21H26BNO6. The molecule has 2 aromatic rings. The van der Waals surface area contributed by atoms with Crippen molar-refractivity contribution in [3.63, 3.8) is 0 Å². The number of hydrogen-bond donors (Lipinski definition) is 2. The van der Waals surface area contributed by atoms with Gasteiger partial charge in [0.25, 0.3) is 0 Å². The van der Waals surface area contributed by atoms with E-state index in [0.29, 0.717) is 36.7 Å². The molecule has 1 atom stereocenters. The van der Waals surface area contributed by atoms with Gasteiger partial charge in [-0.25, -0.2) is 0 Å². The summed E-state index contributed by atoms with van der Waals surface area (Å²) in [7, 11) is 0.581. The molecule has 1 unspecified atom stereocenters. The van der Waals surface area contributed by atoms with Gasteiger partial charge in [-0.1, -0.05) is 18.2 Å². The van der Waals surface area contributed by atoms with E-state index < -0.39 is 13.2 Å². The highest BCUT2D eigenvalue weighted by molar-refractivity contribution is 6.61. The van der Waals surface area contributed by atoms with Gasteiger partial charge in [0.2, 0.25) is 0 Å². The number of carbonyl (C=O) groups excluding carboxylic acids is 1. The number of esters is 1. The van der Waals surface area contributed by atoms with Crippen molar-refractivity contribution in [2.24, 2.45) is 0 Å². The van der Waals surface area contributed by atoms with Gasteiger partial charge in [-0.05, 0) is 47.8 Å². The van der Waals surface area contributed by atoms with Crippen LogP contribution in [0.15, 0.2) is 42.5 Å². The molecule has 7 nitrogen and oxygen atoms in total. The quantitative estimate of drug-likeness (QED) is 0.359. The minimum Gasteiger partial charge on any atom is -0.466 e. The largest absolute Gasteiger partial charge is 0.492 e. The summed E-state index contributed by atoms with van der Waals surface area (Å²) in [5, 5.41) is 13.5. The first-order valence-corrected chi connectivity index (χ1v) is 9.70. The third-order valence-corrected chi connectivity index (χ3v) is 4.57.